The van der Waals surface area contributed by atoms with Gasteiger partial charge in [-0.1, -0.05) is 29.5 Å². The second-order valence-corrected chi connectivity index (χ2v) is 11.7. The number of pyridine rings is 1. The fourth-order valence-corrected chi connectivity index (χ4v) is 6.01. The van der Waals surface area contributed by atoms with E-state index in [9.17, 15) is 18.8 Å². The van der Waals surface area contributed by atoms with E-state index < -0.39 is 5.60 Å². The number of nitrogens with zero attached hydrogens (tertiary/aromatic N) is 2. The Kier molecular flexibility index (Phi) is 7.03. The number of rotatable bonds is 5. The maximum atomic E-state index is 14.0. The first-order valence-corrected chi connectivity index (χ1v) is 13.6. The van der Waals surface area contributed by atoms with Gasteiger partial charge in [0.15, 0.2) is 5.78 Å². The molecule has 2 aromatic carbocycles. The van der Waals surface area contributed by atoms with E-state index in [0.29, 0.717) is 57.1 Å². The van der Waals surface area contributed by atoms with Gasteiger partial charge < -0.3 is 15.0 Å². The van der Waals surface area contributed by atoms with E-state index in [1.54, 1.807) is 22.5 Å². The maximum absolute atomic E-state index is 14.0. The van der Waals surface area contributed by atoms with Crippen LogP contribution in [0.1, 0.15) is 48.7 Å². The molecule has 0 spiro atoms. The average molecular weight is 548 g/mol. The highest BCUT2D eigenvalue weighted by Gasteiger charge is 2.32. The van der Waals surface area contributed by atoms with E-state index in [1.807, 2.05) is 51.1 Å². The van der Waals surface area contributed by atoms with Crippen LogP contribution in [-0.4, -0.2) is 46.1 Å². The number of para-hydroxylation sites is 1. The van der Waals surface area contributed by atoms with Gasteiger partial charge in [-0.15, -0.1) is 0 Å². The monoisotopic (exact) mass is 547 g/mol. The van der Waals surface area contributed by atoms with Crippen LogP contribution in [0.15, 0.2) is 65.5 Å². The highest BCUT2D eigenvalue weighted by molar-refractivity contribution is 7.23. The minimum Gasteiger partial charge on any atom is -0.444 e. The number of halogens is 1. The number of thiophene rings is 1. The Morgan fingerprint density at radius 2 is 1.82 bits per heavy atom. The number of carbonyl (C=O) groups is 2. The van der Waals surface area contributed by atoms with Crippen molar-refractivity contribution < 1.29 is 18.7 Å². The van der Waals surface area contributed by atoms with Crippen molar-refractivity contribution in [3.8, 4) is 5.69 Å². The van der Waals surface area contributed by atoms with E-state index in [2.05, 4.69) is 5.32 Å². The SMILES string of the molecule is Cc1cc(C(=O)c2c(N[C@H]3CCN(C(=O)OC(C)(C)C)C3)sc3c2ccc(=O)n3-c2ccccc2)ccc1F. The number of benzene rings is 2. The van der Waals surface area contributed by atoms with Gasteiger partial charge in [0, 0.05) is 36.1 Å². The van der Waals surface area contributed by atoms with Crippen molar-refractivity contribution in [3.05, 3.63) is 93.5 Å². The summed E-state index contributed by atoms with van der Waals surface area (Å²) in [5.41, 5.74) is 1.03. The molecule has 3 heterocycles. The number of amides is 1. The number of fused-ring (bicyclic) bond motifs is 1. The van der Waals surface area contributed by atoms with Crippen molar-refractivity contribution in [1.82, 2.24) is 9.47 Å². The normalized spacial score (nSPS) is 15.5. The van der Waals surface area contributed by atoms with Gasteiger partial charge >= 0.3 is 6.09 Å². The minimum absolute atomic E-state index is 0.121. The number of hydrogen-bond acceptors (Lipinski definition) is 6. The third-order valence-corrected chi connectivity index (χ3v) is 7.70. The molecular weight excluding hydrogens is 517 g/mol. The van der Waals surface area contributed by atoms with Crippen molar-refractivity contribution in [2.24, 2.45) is 0 Å². The van der Waals surface area contributed by atoms with Crippen LogP contribution < -0.4 is 10.9 Å². The molecule has 7 nitrogen and oxygen atoms in total. The fraction of sp³-hybridized carbons (Fsp3) is 0.300. The summed E-state index contributed by atoms with van der Waals surface area (Å²) in [6.45, 7) is 8.04. The smallest absolute Gasteiger partial charge is 0.410 e. The molecule has 4 aromatic rings. The number of ether oxygens (including phenoxy) is 1. The van der Waals surface area contributed by atoms with Gasteiger partial charge in [-0.05, 0) is 76.1 Å². The summed E-state index contributed by atoms with van der Waals surface area (Å²) in [6.07, 6.45) is 0.293. The summed E-state index contributed by atoms with van der Waals surface area (Å²) in [5.74, 6) is -0.654. The number of likely N-dealkylation sites (tertiary alicyclic amines) is 1. The molecule has 9 heteroatoms. The summed E-state index contributed by atoms with van der Waals surface area (Å²) in [7, 11) is 0. The second kappa shape index (κ2) is 10.3. The molecule has 1 aliphatic heterocycles. The fourth-order valence-electron chi connectivity index (χ4n) is 4.72. The number of carbonyl (C=O) groups excluding carboxylic acids is 2. The zero-order valence-corrected chi connectivity index (χ0v) is 23.1. The molecular formula is C30H30FN3O4S. The summed E-state index contributed by atoms with van der Waals surface area (Å²) in [4.78, 5) is 41.8. The van der Waals surface area contributed by atoms with E-state index >= 15 is 0 Å². The van der Waals surface area contributed by atoms with Gasteiger partial charge in [-0.25, -0.2) is 9.18 Å². The van der Waals surface area contributed by atoms with E-state index in [0.717, 1.165) is 0 Å². The van der Waals surface area contributed by atoms with E-state index in [1.165, 1.54) is 35.6 Å². The Morgan fingerprint density at radius 1 is 1.08 bits per heavy atom. The molecule has 5 rings (SSSR count). The number of aryl methyl sites for hydroxylation is 1. The van der Waals surface area contributed by atoms with E-state index in [-0.39, 0.29) is 29.3 Å². The van der Waals surface area contributed by atoms with Crippen LogP contribution in [0.25, 0.3) is 15.9 Å². The lowest BCUT2D eigenvalue weighted by Gasteiger charge is -2.24. The number of hydrogen-bond donors (Lipinski definition) is 1. The third kappa shape index (κ3) is 5.45. The Bertz CT molecular complexity index is 1620. The number of anilines is 1. The van der Waals surface area contributed by atoms with Crippen LogP contribution in [0, 0.1) is 12.7 Å². The summed E-state index contributed by atoms with van der Waals surface area (Å²) in [6, 6.07) is 16.6. The van der Waals surface area contributed by atoms with Crippen molar-refractivity contribution in [1.29, 1.82) is 0 Å². The zero-order chi connectivity index (χ0) is 27.9. The lowest BCUT2D eigenvalue weighted by Crippen LogP contribution is -2.36. The minimum atomic E-state index is -0.595. The van der Waals surface area contributed by atoms with Crippen LogP contribution in [0.5, 0.6) is 0 Å². The Morgan fingerprint density at radius 3 is 2.51 bits per heavy atom. The van der Waals surface area contributed by atoms with Crippen molar-refractivity contribution in [2.45, 2.75) is 45.8 Å². The first-order valence-electron chi connectivity index (χ1n) is 12.8. The highest BCUT2D eigenvalue weighted by Crippen LogP contribution is 2.38. The van der Waals surface area contributed by atoms with Crippen LogP contribution >= 0.6 is 11.3 Å². The van der Waals surface area contributed by atoms with Gasteiger partial charge in [0.25, 0.3) is 5.56 Å². The Labute approximate surface area is 229 Å². The molecule has 2 aromatic heterocycles. The Balaban J connectivity index is 1.58. The van der Waals surface area contributed by atoms with Crippen molar-refractivity contribution in [3.63, 3.8) is 0 Å². The summed E-state index contributed by atoms with van der Waals surface area (Å²) in [5, 5.41) is 4.71. The summed E-state index contributed by atoms with van der Waals surface area (Å²) < 4.78 is 21.1. The average Bonchev–Trinajstić information content (AvgIpc) is 3.49. The van der Waals surface area contributed by atoms with Crippen molar-refractivity contribution in [2.75, 3.05) is 18.4 Å². The molecule has 1 N–H and O–H groups in total. The van der Waals surface area contributed by atoms with E-state index in [4.69, 9.17) is 4.74 Å². The first kappa shape index (κ1) is 26.6. The summed E-state index contributed by atoms with van der Waals surface area (Å²) >= 11 is 1.32. The standard InChI is InChI=1S/C30H30FN3O4S/c1-18-16-19(10-12-23(18)31)26(36)25-22-11-13-24(35)34(21-8-6-5-7-9-21)28(22)39-27(25)32-20-14-15-33(17-20)29(37)38-30(2,3)4/h5-13,16,20,32H,14-15,17H2,1-4H3/t20-/m0/s1. The molecule has 1 fully saturated rings. The third-order valence-electron chi connectivity index (χ3n) is 6.58. The molecule has 0 saturated carbocycles. The van der Waals surface area contributed by atoms with Gasteiger partial charge in [-0.2, -0.15) is 0 Å². The predicted molar refractivity (Wildman–Crippen MR) is 152 cm³/mol. The molecule has 0 bridgehead atoms. The predicted octanol–water partition coefficient (Wildman–Crippen LogP) is 6.15. The number of ketones is 1. The molecule has 202 valence electrons. The molecule has 1 atom stereocenters. The molecule has 0 radical (unpaired) electrons. The zero-order valence-electron chi connectivity index (χ0n) is 22.3. The number of aromatic nitrogens is 1. The molecule has 0 unspecified atom stereocenters. The van der Waals surface area contributed by atoms with Gasteiger partial charge in [0.1, 0.15) is 21.2 Å². The quantitative estimate of drug-likeness (QED) is 0.303. The van der Waals surface area contributed by atoms with Gasteiger partial charge in [0.2, 0.25) is 0 Å². The topological polar surface area (TPSA) is 80.6 Å². The largest absolute Gasteiger partial charge is 0.444 e. The second-order valence-electron chi connectivity index (χ2n) is 10.7. The van der Waals surface area contributed by atoms with Crippen LogP contribution in [0.4, 0.5) is 14.2 Å². The van der Waals surface area contributed by atoms with Crippen LogP contribution in [0.3, 0.4) is 0 Å². The lowest BCUT2D eigenvalue weighted by molar-refractivity contribution is 0.0293. The first-order chi connectivity index (χ1) is 18.5. The maximum Gasteiger partial charge on any atom is 0.410 e. The highest BCUT2D eigenvalue weighted by atomic mass is 32.1. The van der Waals surface area contributed by atoms with Crippen LogP contribution in [-0.2, 0) is 4.74 Å². The lowest BCUT2D eigenvalue weighted by atomic mass is 10.0. The Hall–Kier alpha value is -3.98. The molecule has 39 heavy (non-hydrogen) atoms. The van der Waals surface area contributed by atoms with Gasteiger partial charge in [0.05, 0.1) is 11.3 Å². The molecule has 0 aliphatic carbocycles. The molecule has 1 aliphatic rings. The van der Waals surface area contributed by atoms with Gasteiger partial charge in [-0.3, -0.25) is 14.2 Å². The van der Waals surface area contributed by atoms with Crippen LogP contribution in [0.2, 0.25) is 0 Å². The van der Waals surface area contributed by atoms with Crippen molar-refractivity contribution >= 4 is 38.4 Å². The molecule has 1 saturated heterocycles. The molecule has 1 amide bonds. The number of nitrogens with one attached hydrogen (secondary N) is 1.